The van der Waals surface area contributed by atoms with Gasteiger partial charge in [-0.3, -0.25) is 0 Å². The van der Waals surface area contributed by atoms with Gasteiger partial charge in [-0.25, -0.2) is 0 Å². The van der Waals surface area contributed by atoms with Gasteiger partial charge in [-0.1, -0.05) is 6.42 Å². The van der Waals surface area contributed by atoms with E-state index in [1.807, 2.05) is 4.90 Å². The van der Waals surface area contributed by atoms with Crippen LogP contribution in [0.25, 0.3) is 0 Å². The van der Waals surface area contributed by atoms with Crippen LogP contribution in [0.2, 0.25) is 0 Å². The molecule has 19 heavy (non-hydrogen) atoms. The molecule has 1 N–H and O–H groups in total. The molecule has 0 bridgehead atoms. The highest BCUT2D eigenvalue weighted by Gasteiger charge is 2.56. The summed E-state index contributed by atoms with van der Waals surface area (Å²) in [5.74, 6) is -3.29. The smallest absolute Gasteiger partial charge is 0.314 e. The summed E-state index contributed by atoms with van der Waals surface area (Å²) >= 11 is 0. The first-order chi connectivity index (χ1) is 8.71. The Balaban J connectivity index is 2.28. The fourth-order valence-electron chi connectivity index (χ4n) is 2.08. The molecule has 0 aromatic rings. The molecule has 0 aliphatic carbocycles. The molecular formula is C11H18F6N2. The number of rotatable bonds is 5. The van der Waals surface area contributed by atoms with E-state index < -0.39 is 24.8 Å². The summed E-state index contributed by atoms with van der Waals surface area (Å²) in [6, 6.07) is 0. The molecular weight excluding hydrogens is 274 g/mol. The number of hydrogen-bond acceptors (Lipinski definition) is 2. The summed E-state index contributed by atoms with van der Waals surface area (Å²) in [4.78, 5) is 2.05. The van der Waals surface area contributed by atoms with Crippen molar-refractivity contribution in [1.29, 1.82) is 0 Å². The Morgan fingerprint density at radius 2 is 1.42 bits per heavy atom. The third kappa shape index (κ3) is 5.99. The van der Waals surface area contributed by atoms with E-state index in [4.69, 9.17) is 0 Å². The summed E-state index contributed by atoms with van der Waals surface area (Å²) in [5.41, 5.74) is 0. The van der Waals surface area contributed by atoms with Gasteiger partial charge in [0.1, 0.15) is 0 Å². The standard InChI is InChI=1S/C11H18F6N2/c12-10(13,14)9(11(15,16)17)8-18-4-7-19-5-2-1-3-6-19/h9,18H,1-8H2. The van der Waals surface area contributed by atoms with Gasteiger partial charge in [0, 0.05) is 19.6 Å². The van der Waals surface area contributed by atoms with Crippen LogP contribution in [-0.4, -0.2) is 50.0 Å². The van der Waals surface area contributed by atoms with Crippen molar-refractivity contribution < 1.29 is 26.3 Å². The Labute approximate surface area is 108 Å². The zero-order valence-corrected chi connectivity index (χ0v) is 10.4. The van der Waals surface area contributed by atoms with Gasteiger partial charge >= 0.3 is 12.4 Å². The lowest BCUT2D eigenvalue weighted by atomic mass is 10.1. The van der Waals surface area contributed by atoms with E-state index in [-0.39, 0.29) is 6.54 Å². The highest BCUT2D eigenvalue weighted by molar-refractivity contribution is 4.78. The maximum absolute atomic E-state index is 12.2. The van der Waals surface area contributed by atoms with Crippen molar-refractivity contribution in [2.24, 2.45) is 5.92 Å². The van der Waals surface area contributed by atoms with Crippen LogP contribution >= 0.6 is 0 Å². The Hall–Kier alpha value is -0.500. The van der Waals surface area contributed by atoms with Crippen molar-refractivity contribution in [3.63, 3.8) is 0 Å². The topological polar surface area (TPSA) is 15.3 Å². The van der Waals surface area contributed by atoms with Crippen LogP contribution < -0.4 is 5.32 Å². The van der Waals surface area contributed by atoms with Crippen molar-refractivity contribution >= 4 is 0 Å². The molecule has 1 aliphatic rings. The monoisotopic (exact) mass is 292 g/mol. The van der Waals surface area contributed by atoms with Crippen molar-refractivity contribution in [3.8, 4) is 0 Å². The molecule has 1 aliphatic heterocycles. The van der Waals surface area contributed by atoms with E-state index in [2.05, 4.69) is 5.32 Å². The summed E-state index contributed by atoms with van der Waals surface area (Å²) in [5, 5.41) is 2.26. The molecule has 0 aromatic heterocycles. The van der Waals surface area contributed by atoms with E-state index in [1.54, 1.807) is 0 Å². The molecule has 8 heteroatoms. The number of alkyl halides is 6. The fraction of sp³-hybridized carbons (Fsp3) is 1.00. The van der Waals surface area contributed by atoms with E-state index >= 15 is 0 Å². The third-order valence-corrected chi connectivity index (χ3v) is 3.19. The quantitative estimate of drug-likeness (QED) is 0.619. The van der Waals surface area contributed by atoms with Crippen LogP contribution in [0.5, 0.6) is 0 Å². The molecule has 1 rings (SSSR count). The Morgan fingerprint density at radius 3 is 1.89 bits per heavy atom. The number of likely N-dealkylation sites (tertiary alicyclic amines) is 1. The number of halogens is 6. The summed E-state index contributed by atoms with van der Waals surface area (Å²) in [6.07, 6.45) is -7.30. The summed E-state index contributed by atoms with van der Waals surface area (Å²) in [6.45, 7) is 1.25. The lowest BCUT2D eigenvalue weighted by molar-refractivity contribution is -0.281. The molecule has 0 saturated carbocycles. The molecule has 1 fully saturated rings. The maximum atomic E-state index is 12.2. The minimum atomic E-state index is -5.25. The van der Waals surface area contributed by atoms with Crippen molar-refractivity contribution in [3.05, 3.63) is 0 Å². The largest absolute Gasteiger partial charge is 0.401 e. The highest BCUT2D eigenvalue weighted by atomic mass is 19.4. The second kappa shape index (κ2) is 6.78. The van der Waals surface area contributed by atoms with E-state index in [0.29, 0.717) is 6.54 Å². The van der Waals surface area contributed by atoms with Crippen LogP contribution in [-0.2, 0) is 0 Å². The second-order valence-electron chi connectivity index (χ2n) is 4.74. The molecule has 0 aromatic carbocycles. The van der Waals surface area contributed by atoms with Gasteiger partial charge < -0.3 is 10.2 Å². The van der Waals surface area contributed by atoms with E-state index in [9.17, 15) is 26.3 Å². The van der Waals surface area contributed by atoms with Crippen LogP contribution in [0.4, 0.5) is 26.3 Å². The van der Waals surface area contributed by atoms with Crippen LogP contribution in [0, 0.1) is 5.92 Å². The molecule has 0 atom stereocenters. The number of piperidine rings is 1. The lowest BCUT2D eigenvalue weighted by Crippen LogP contribution is -2.45. The van der Waals surface area contributed by atoms with Gasteiger partial charge in [-0.15, -0.1) is 0 Å². The normalized spacial score (nSPS) is 19.1. The summed E-state index contributed by atoms with van der Waals surface area (Å²) < 4.78 is 73.4. The molecule has 0 amide bonds. The first kappa shape index (κ1) is 16.6. The van der Waals surface area contributed by atoms with Crippen molar-refractivity contribution in [2.75, 3.05) is 32.7 Å². The average molecular weight is 292 g/mol. The average Bonchev–Trinajstić information content (AvgIpc) is 2.26. The molecule has 0 radical (unpaired) electrons. The van der Waals surface area contributed by atoms with Crippen LogP contribution in [0.3, 0.4) is 0 Å². The zero-order valence-electron chi connectivity index (χ0n) is 10.4. The van der Waals surface area contributed by atoms with Gasteiger partial charge in [0.2, 0.25) is 0 Å². The number of hydrogen-bond donors (Lipinski definition) is 1. The highest BCUT2D eigenvalue weighted by Crippen LogP contribution is 2.38. The SMILES string of the molecule is FC(F)(F)C(CNCCN1CCCCC1)C(F)(F)F. The third-order valence-electron chi connectivity index (χ3n) is 3.19. The van der Waals surface area contributed by atoms with Gasteiger partial charge in [-0.2, -0.15) is 26.3 Å². The lowest BCUT2D eigenvalue weighted by Gasteiger charge is -2.27. The number of nitrogens with zero attached hydrogens (tertiary/aromatic N) is 1. The summed E-state index contributed by atoms with van der Waals surface area (Å²) in [7, 11) is 0. The van der Waals surface area contributed by atoms with Crippen LogP contribution in [0.1, 0.15) is 19.3 Å². The Bertz CT molecular complexity index is 243. The fourth-order valence-corrected chi connectivity index (χ4v) is 2.08. The zero-order chi connectivity index (χ0) is 14.5. The Kier molecular flexibility index (Phi) is 5.91. The van der Waals surface area contributed by atoms with Crippen LogP contribution in [0.15, 0.2) is 0 Å². The van der Waals surface area contributed by atoms with Gasteiger partial charge in [-0.05, 0) is 25.9 Å². The Morgan fingerprint density at radius 1 is 0.895 bits per heavy atom. The predicted molar refractivity (Wildman–Crippen MR) is 58.8 cm³/mol. The first-order valence-corrected chi connectivity index (χ1v) is 6.28. The van der Waals surface area contributed by atoms with Gasteiger partial charge in [0.25, 0.3) is 0 Å². The first-order valence-electron chi connectivity index (χ1n) is 6.28. The minimum Gasteiger partial charge on any atom is -0.314 e. The van der Waals surface area contributed by atoms with Gasteiger partial charge in [0.15, 0.2) is 5.92 Å². The van der Waals surface area contributed by atoms with Gasteiger partial charge in [0.05, 0.1) is 0 Å². The second-order valence-corrected chi connectivity index (χ2v) is 4.74. The number of nitrogens with one attached hydrogen (secondary N) is 1. The molecule has 0 unspecified atom stereocenters. The molecule has 1 heterocycles. The predicted octanol–water partition coefficient (Wildman–Crippen LogP) is 2.80. The molecule has 2 nitrogen and oxygen atoms in total. The van der Waals surface area contributed by atoms with Crippen molar-refractivity contribution in [2.45, 2.75) is 31.6 Å². The maximum Gasteiger partial charge on any atom is 0.401 e. The van der Waals surface area contributed by atoms with Crippen molar-refractivity contribution in [1.82, 2.24) is 10.2 Å². The molecule has 0 spiro atoms. The van der Waals surface area contributed by atoms with E-state index in [1.165, 1.54) is 0 Å². The van der Waals surface area contributed by atoms with E-state index in [0.717, 1.165) is 32.4 Å². The molecule has 114 valence electrons. The minimum absolute atomic E-state index is 0.142. The molecule has 1 saturated heterocycles.